The van der Waals surface area contributed by atoms with Crippen LogP contribution in [0.1, 0.15) is 0 Å². The fraction of sp³-hybridized carbons (Fsp3) is 1.00. The molecule has 60 valence electrons. The summed E-state index contributed by atoms with van der Waals surface area (Å²) in [6.07, 6.45) is -1.10. The van der Waals surface area contributed by atoms with Gasteiger partial charge in [0.2, 0.25) is 0 Å². The van der Waals surface area contributed by atoms with Crippen LogP contribution in [0.15, 0.2) is 0 Å². The van der Waals surface area contributed by atoms with Gasteiger partial charge in [0.25, 0.3) is 0 Å². The molecule has 0 spiro atoms. The van der Waals surface area contributed by atoms with Crippen molar-refractivity contribution in [2.45, 2.75) is 12.2 Å². The van der Waals surface area contributed by atoms with Crippen molar-refractivity contribution in [2.24, 2.45) is 0 Å². The monoisotopic (exact) mass is 148 g/mol. The van der Waals surface area contributed by atoms with Gasteiger partial charge < -0.3 is 19.7 Å². The normalized spacial score (nSPS) is 36.6. The summed E-state index contributed by atoms with van der Waals surface area (Å²) in [6, 6.07) is 0. The Morgan fingerprint density at radius 1 is 0.800 bits per heavy atom. The van der Waals surface area contributed by atoms with Crippen LogP contribution in [-0.4, -0.2) is 48.8 Å². The van der Waals surface area contributed by atoms with Crippen LogP contribution in [0.4, 0.5) is 0 Å². The van der Waals surface area contributed by atoms with Gasteiger partial charge in [-0.05, 0) is 0 Å². The van der Waals surface area contributed by atoms with E-state index in [4.69, 9.17) is 19.7 Å². The van der Waals surface area contributed by atoms with Gasteiger partial charge in [0.05, 0.1) is 26.4 Å². The first-order valence-electron chi connectivity index (χ1n) is 3.30. The lowest BCUT2D eigenvalue weighted by atomic mass is 10.3. The molecule has 1 aliphatic rings. The molecule has 1 fully saturated rings. The Morgan fingerprint density at radius 2 is 1.10 bits per heavy atom. The minimum Gasteiger partial charge on any atom is -0.388 e. The Labute approximate surface area is 59.4 Å². The SMILES string of the molecule is O[C@H]1COC[C@@H](O)COC1. The summed E-state index contributed by atoms with van der Waals surface area (Å²) in [4.78, 5) is 0. The summed E-state index contributed by atoms with van der Waals surface area (Å²) in [5.41, 5.74) is 0. The van der Waals surface area contributed by atoms with E-state index in [0.717, 1.165) is 0 Å². The quantitative estimate of drug-likeness (QED) is 0.451. The van der Waals surface area contributed by atoms with Gasteiger partial charge in [-0.3, -0.25) is 0 Å². The molecular weight excluding hydrogens is 136 g/mol. The fourth-order valence-corrected chi connectivity index (χ4v) is 0.776. The zero-order valence-electron chi connectivity index (χ0n) is 5.69. The van der Waals surface area contributed by atoms with Crippen molar-refractivity contribution in [3.05, 3.63) is 0 Å². The smallest absolute Gasteiger partial charge is 0.101 e. The molecule has 0 bridgehead atoms. The van der Waals surface area contributed by atoms with E-state index in [2.05, 4.69) is 0 Å². The molecule has 1 saturated heterocycles. The van der Waals surface area contributed by atoms with Crippen molar-refractivity contribution in [3.63, 3.8) is 0 Å². The number of aliphatic hydroxyl groups excluding tert-OH is 2. The molecule has 0 aromatic rings. The van der Waals surface area contributed by atoms with Gasteiger partial charge in [-0.25, -0.2) is 0 Å². The third-order valence-electron chi connectivity index (χ3n) is 1.24. The molecule has 1 heterocycles. The molecule has 0 aromatic heterocycles. The van der Waals surface area contributed by atoms with E-state index in [-0.39, 0.29) is 26.4 Å². The van der Waals surface area contributed by atoms with Crippen LogP contribution in [0.25, 0.3) is 0 Å². The molecule has 0 amide bonds. The van der Waals surface area contributed by atoms with Crippen molar-refractivity contribution < 1.29 is 19.7 Å². The first kappa shape index (κ1) is 7.94. The predicted octanol–water partition coefficient (Wildman–Crippen LogP) is -1.24. The standard InChI is InChI=1S/C6H12O4/c7-5-1-9-3-6(8)4-10-2-5/h5-8H,1-4H2/t5-,6+. The highest BCUT2D eigenvalue weighted by Gasteiger charge is 2.12. The molecule has 1 aliphatic heterocycles. The second kappa shape index (κ2) is 3.88. The van der Waals surface area contributed by atoms with Crippen LogP contribution in [0, 0.1) is 0 Å². The Morgan fingerprint density at radius 3 is 1.40 bits per heavy atom. The molecule has 0 aromatic carbocycles. The lowest BCUT2D eigenvalue weighted by molar-refractivity contribution is -0.0936. The van der Waals surface area contributed by atoms with E-state index in [9.17, 15) is 0 Å². The molecular formula is C6H12O4. The van der Waals surface area contributed by atoms with Gasteiger partial charge in [-0.2, -0.15) is 0 Å². The summed E-state index contributed by atoms with van der Waals surface area (Å²) in [6.45, 7) is 0.988. The third-order valence-corrected chi connectivity index (χ3v) is 1.24. The maximum Gasteiger partial charge on any atom is 0.101 e. The van der Waals surface area contributed by atoms with Crippen LogP contribution < -0.4 is 0 Å². The third kappa shape index (κ3) is 2.62. The number of hydrogen-bond donors (Lipinski definition) is 2. The van der Waals surface area contributed by atoms with Gasteiger partial charge in [-0.1, -0.05) is 0 Å². The van der Waals surface area contributed by atoms with Crippen molar-refractivity contribution in [1.29, 1.82) is 0 Å². The first-order valence-corrected chi connectivity index (χ1v) is 3.30. The van der Waals surface area contributed by atoms with E-state index in [1.807, 2.05) is 0 Å². The zero-order chi connectivity index (χ0) is 7.40. The van der Waals surface area contributed by atoms with Crippen LogP contribution in [0.2, 0.25) is 0 Å². The molecule has 0 aliphatic carbocycles. The zero-order valence-corrected chi connectivity index (χ0v) is 5.69. The summed E-state index contributed by atoms with van der Waals surface area (Å²) in [7, 11) is 0. The highest BCUT2D eigenvalue weighted by Crippen LogP contribution is 1.96. The van der Waals surface area contributed by atoms with Crippen LogP contribution in [0.5, 0.6) is 0 Å². The minimum atomic E-state index is -0.549. The lowest BCUT2D eigenvalue weighted by Gasteiger charge is -2.18. The topological polar surface area (TPSA) is 58.9 Å². The van der Waals surface area contributed by atoms with E-state index >= 15 is 0 Å². The summed E-state index contributed by atoms with van der Waals surface area (Å²) in [5.74, 6) is 0. The Balaban J connectivity index is 2.21. The molecule has 1 rings (SSSR count). The van der Waals surface area contributed by atoms with Gasteiger partial charge in [0.1, 0.15) is 12.2 Å². The number of aliphatic hydroxyl groups is 2. The van der Waals surface area contributed by atoms with E-state index in [0.29, 0.717) is 0 Å². The summed E-state index contributed by atoms with van der Waals surface area (Å²) in [5, 5.41) is 17.9. The average molecular weight is 148 g/mol. The van der Waals surface area contributed by atoms with Gasteiger partial charge in [0.15, 0.2) is 0 Å². The maximum absolute atomic E-state index is 8.97. The summed E-state index contributed by atoms with van der Waals surface area (Å²) < 4.78 is 9.84. The van der Waals surface area contributed by atoms with E-state index in [1.54, 1.807) is 0 Å². The molecule has 4 heteroatoms. The lowest BCUT2D eigenvalue weighted by Crippen LogP contribution is -2.32. The number of rotatable bonds is 0. The number of ether oxygens (including phenoxy) is 2. The first-order chi connectivity index (χ1) is 4.79. The van der Waals surface area contributed by atoms with Gasteiger partial charge >= 0.3 is 0 Å². The maximum atomic E-state index is 8.97. The van der Waals surface area contributed by atoms with Crippen molar-refractivity contribution >= 4 is 0 Å². The Bertz CT molecular complexity index is 75.7. The van der Waals surface area contributed by atoms with Gasteiger partial charge in [0, 0.05) is 0 Å². The fourth-order valence-electron chi connectivity index (χ4n) is 0.776. The minimum absolute atomic E-state index is 0.247. The molecule has 2 N–H and O–H groups in total. The van der Waals surface area contributed by atoms with Gasteiger partial charge in [-0.15, -0.1) is 0 Å². The van der Waals surface area contributed by atoms with E-state index < -0.39 is 12.2 Å². The molecule has 4 nitrogen and oxygen atoms in total. The van der Waals surface area contributed by atoms with Crippen molar-refractivity contribution in [3.8, 4) is 0 Å². The van der Waals surface area contributed by atoms with Crippen LogP contribution >= 0.6 is 0 Å². The second-order valence-corrected chi connectivity index (χ2v) is 2.38. The largest absolute Gasteiger partial charge is 0.388 e. The summed E-state index contributed by atoms with van der Waals surface area (Å²) >= 11 is 0. The van der Waals surface area contributed by atoms with Crippen LogP contribution in [0.3, 0.4) is 0 Å². The Hall–Kier alpha value is -0.160. The molecule has 0 saturated carbocycles. The molecule has 10 heavy (non-hydrogen) atoms. The molecule has 0 radical (unpaired) electrons. The van der Waals surface area contributed by atoms with Crippen molar-refractivity contribution in [1.82, 2.24) is 0 Å². The predicted molar refractivity (Wildman–Crippen MR) is 33.7 cm³/mol. The second-order valence-electron chi connectivity index (χ2n) is 2.38. The highest BCUT2D eigenvalue weighted by molar-refractivity contribution is 4.59. The number of hydrogen-bond acceptors (Lipinski definition) is 4. The van der Waals surface area contributed by atoms with Crippen molar-refractivity contribution in [2.75, 3.05) is 26.4 Å². The highest BCUT2D eigenvalue weighted by atomic mass is 16.5. The molecule has 0 unspecified atom stereocenters. The molecule has 0 atom stereocenters. The van der Waals surface area contributed by atoms with Crippen LogP contribution in [-0.2, 0) is 9.47 Å². The Kier molecular flexibility index (Phi) is 3.08. The average Bonchev–Trinajstić information content (AvgIpc) is 1.84. The van der Waals surface area contributed by atoms with E-state index in [1.165, 1.54) is 0 Å².